The normalized spacial score (nSPS) is 10.1. The Morgan fingerprint density at radius 1 is 0.861 bits per heavy atom. The smallest absolute Gasteiger partial charge is 0.0319 e. The first-order chi connectivity index (χ1) is 17.4. The maximum Gasteiger partial charge on any atom is 0.0319 e. The summed E-state index contributed by atoms with van der Waals surface area (Å²) < 4.78 is 0. The molecule has 190 valence electrons. The van der Waals surface area contributed by atoms with Crippen molar-refractivity contribution in [3.05, 3.63) is 113 Å². The van der Waals surface area contributed by atoms with Gasteiger partial charge in [-0.25, -0.2) is 0 Å². The number of aliphatic hydroxyl groups excluding tert-OH is 1. The molecule has 0 unspecified atom stereocenters. The third-order valence-corrected chi connectivity index (χ3v) is 5.22. The van der Waals surface area contributed by atoms with Crippen LogP contribution in [-0.4, -0.2) is 12.2 Å². The Kier molecular flexibility index (Phi) is 16.8. The molecular weight excluding hydrogens is 436 g/mol. The molecule has 0 spiro atoms. The summed E-state index contributed by atoms with van der Waals surface area (Å²) in [7, 11) is 1.00. The Morgan fingerprint density at radius 3 is 2.06 bits per heavy atom. The average Bonchev–Trinajstić information content (AvgIpc) is 2.89. The number of terminal acetylenes is 1. The lowest BCUT2D eigenvalue weighted by Crippen LogP contribution is -2.27. The topological polar surface area (TPSA) is 20.2 Å². The minimum absolute atomic E-state index is 0.651. The zero-order valence-electron chi connectivity index (χ0n) is 22.9. The van der Waals surface area contributed by atoms with Crippen LogP contribution in [0.4, 0.5) is 0 Å². The molecule has 3 aromatic rings. The van der Waals surface area contributed by atoms with Crippen LogP contribution in [0.1, 0.15) is 56.4 Å². The van der Waals surface area contributed by atoms with Crippen molar-refractivity contribution in [2.24, 2.45) is 5.92 Å². The van der Waals surface area contributed by atoms with E-state index >= 15 is 0 Å². The standard InChI is InChI=1S/C29H30.C3H8.C2H2.CH4O/c1-6-10-29-22(5)11-8-14-27(29)20-28-19-26(16-15-24(28)7-2)25-13-9-12-23(18-25)17-21(3)4;1-3-2;2*1-2/h6-16,18-19,21H,1-2,5,17,20H2,3-4H3;3H2,1-2H3;1-2H;2H,1H3/b29-10+;;;. The Hall–Kier alpha value is -3.60. The number of allylic oxidation sites excluding steroid dienone is 1. The Labute approximate surface area is 220 Å². The van der Waals surface area contributed by atoms with Crippen molar-refractivity contribution >= 4 is 18.7 Å². The molecule has 0 aliphatic carbocycles. The first-order valence-electron chi connectivity index (χ1n) is 12.5. The number of hydrogen-bond acceptors (Lipinski definition) is 1. The van der Waals surface area contributed by atoms with E-state index in [-0.39, 0.29) is 0 Å². The molecule has 0 amide bonds. The van der Waals surface area contributed by atoms with Gasteiger partial charge in [0, 0.05) is 7.11 Å². The second-order valence-electron chi connectivity index (χ2n) is 8.69. The first kappa shape index (κ1) is 32.4. The van der Waals surface area contributed by atoms with Crippen molar-refractivity contribution in [1.82, 2.24) is 0 Å². The summed E-state index contributed by atoms with van der Waals surface area (Å²) in [5.41, 5.74) is 7.60. The summed E-state index contributed by atoms with van der Waals surface area (Å²) >= 11 is 0. The molecular formula is C35H44O. The molecule has 36 heavy (non-hydrogen) atoms. The van der Waals surface area contributed by atoms with Crippen molar-refractivity contribution in [2.45, 2.75) is 47.0 Å². The molecule has 0 fully saturated rings. The second-order valence-corrected chi connectivity index (χ2v) is 8.69. The molecule has 3 aromatic carbocycles. The van der Waals surface area contributed by atoms with Crippen molar-refractivity contribution in [2.75, 3.05) is 7.11 Å². The van der Waals surface area contributed by atoms with E-state index in [0.29, 0.717) is 5.92 Å². The Balaban J connectivity index is 0.00000159. The highest BCUT2D eigenvalue weighted by molar-refractivity contribution is 5.68. The first-order valence-corrected chi connectivity index (χ1v) is 12.5. The third kappa shape index (κ3) is 10.3. The van der Waals surface area contributed by atoms with Gasteiger partial charge in [-0.3, -0.25) is 0 Å². The molecule has 0 atom stereocenters. The van der Waals surface area contributed by atoms with Crippen LogP contribution in [-0.2, 0) is 12.8 Å². The zero-order valence-corrected chi connectivity index (χ0v) is 22.9. The van der Waals surface area contributed by atoms with Gasteiger partial charge in [0.25, 0.3) is 0 Å². The van der Waals surface area contributed by atoms with Crippen molar-refractivity contribution in [3.8, 4) is 24.0 Å². The van der Waals surface area contributed by atoms with Gasteiger partial charge >= 0.3 is 0 Å². The lowest BCUT2D eigenvalue weighted by molar-refractivity contribution is 0.399. The third-order valence-electron chi connectivity index (χ3n) is 5.22. The molecule has 0 bridgehead atoms. The summed E-state index contributed by atoms with van der Waals surface area (Å²) in [5, 5.41) is 9.18. The van der Waals surface area contributed by atoms with Gasteiger partial charge in [-0.05, 0) is 62.6 Å². The SMILES string of the molecule is C#C.C=C/C=c1/c(Cc2cc(-c3cccc(CC(C)C)c3)ccc2C=C)cccc1=C.CCC.CO. The Morgan fingerprint density at radius 2 is 1.47 bits per heavy atom. The number of aliphatic hydroxyl groups is 1. The van der Waals surface area contributed by atoms with Crippen LogP contribution >= 0.6 is 0 Å². The van der Waals surface area contributed by atoms with E-state index in [4.69, 9.17) is 5.11 Å². The van der Waals surface area contributed by atoms with Crippen LogP contribution in [0.3, 0.4) is 0 Å². The summed E-state index contributed by atoms with van der Waals surface area (Å²) in [6.07, 6.45) is 17.0. The molecule has 1 nitrogen and oxygen atoms in total. The second kappa shape index (κ2) is 18.7. The van der Waals surface area contributed by atoms with Crippen LogP contribution in [0.2, 0.25) is 0 Å². The molecule has 0 aliphatic heterocycles. The summed E-state index contributed by atoms with van der Waals surface area (Å²) in [5.74, 6) is 0.651. The highest BCUT2D eigenvalue weighted by atomic mass is 16.2. The highest BCUT2D eigenvalue weighted by Crippen LogP contribution is 2.26. The maximum absolute atomic E-state index is 7.00. The highest BCUT2D eigenvalue weighted by Gasteiger charge is 2.07. The van der Waals surface area contributed by atoms with Crippen LogP contribution in [0.15, 0.2) is 79.9 Å². The van der Waals surface area contributed by atoms with Gasteiger partial charge in [-0.2, -0.15) is 0 Å². The lowest BCUT2D eigenvalue weighted by atomic mass is 9.92. The minimum atomic E-state index is 0.651. The van der Waals surface area contributed by atoms with E-state index in [1.54, 1.807) is 0 Å². The van der Waals surface area contributed by atoms with Gasteiger partial charge < -0.3 is 5.11 Å². The fourth-order valence-corrected chi connectivity index (χ4v) is 3.84. The maximum atomic E-state index is 7.00. The van der Waals surface area contributed by atoms with E-state index in [2.05, 4.69) is 115 Å². The van der Waals surface area contributed by atoms with E-state index in [1.165, 1.54) is 39.8 Å². The molecule has 0 saturated carbocycles. The number of rotatable bonds is 7. The van der Waals surface area contributed by atoms with Crippen molar-refractivity contribution < 1.29 is 5.11 Å². The molecule has 1 N–H and O–H groups in total. The van der Waals surface area contributed by atoms with Crippen LogP contribution < -0.4 is 10.4 Å². The number of benzene rings is 3. The van der Waals surface area contributed by atoms with Gasteiger partial charge in [0.05, 0.1) is 0 Å². The van der Waals surface area contributed by atoms with Gasteiger partial charge in [-0.15, -0.1) is 12.8 Å². The molecule has 0 aromatic heterocycles. The van der Waals surface area contributed by atoms with Gasteiger partial charge in [0.2, 0.25) is 0 Å². The van der Waals surface area contributed by atoms with E-state index in [9.17, 15) is 0 Å². The van der Waals surface area contributed by atoms with Crippen molar-refractivity contribution in [3.63, 3.8) is 0 Å². The number of hydrogen-bond donors (Lipinski definition) is 1. The average molecular weight is 481 g/mol. The quantitative estimate of drug-likeness (QED) is 0.348. The van der Waals surface area contributed by atoms with Gasteiger partial charge in [0.1, 0.15) is 0 Å². The zero-order chi connectivity index (χ0) is 27.5. The van der Waals surface area contributed by atoms with Gasteiger partial charge in [-0.1, -0.05) is 133 Å². The fraction of sp³-hybridized carbons (Fsp3) is 0.257. The summed E-state index contributed by atoms with van der Waals surface area (Å²) in [4.78, 5) is 0. The fourth-order valence-electron chi connectivity index (χ4n) is 3.84. The molecule has 0 saturated heterocycles. The van der Waals surface area contributed by atoms with Crippen molar-refractivity contribution in [1.29, 1.82) is 0 Å². The van der Waals surface area contributed by atoms with Crippen LogP contribution in [0, 0.1) is 18.8 Å². The van der Waals surface area contributed by atoms with E-state index < -0.39 is 0 Å². The molecule has 3 rings (SSSR count). The predicted octanol–water partition coefficient (Wildman–Crippen LogP) is 7.44. The molecule has 1 heteroatoms. The van der Waals surface area contributed by atoms with E-state index in [0.717, 1.165) is 30.4 Å². The summed E-state index contributed by atoms with van der Waals surface area (Å²) in [6, 6.07) is 21.9. The Bertz CT molecular complexity index is 1190. The van der Waals surface area contributed by atoms with Crippen LogP contribution in [0.5, 0.6) is 0 Å². The summed E-state index contributed by atoms with van der Waals surface area (Å²) in [6.45, 7) is 20.8. The molecule has 0 aliphatic rings. The molecule has 0 heterocycles. The predicted molar refractivity (Wildman–Crippen MR) is 163 cm³/mol. The largest absolute Gasteiger partial charge is 0.400 e. The molecule has 0 radical (unpaired) electrons. The van der Waals surface area contributed by atoms with E-state index in [1.807, 2.05) is 24.3 Å². The lowest BCUT2D eigenvalue weighted by Gasteiger charge is -2.12. The van der Waals surface area contributed by atoms with Gasteiger partial charge in [0.15, 0.2) is 0 Å². The monoisotopic (exact) mass is 480 g/mol. The van der Waals surface area contributed by atoms with Crippen LogP contribution in [0.25, 0.3) is 29.9 Å². The minimum Gasteiger partial charge on any atom is -0.400 e.